The molecule has 1 atom stereocenters. The molecule has 0 spiro atoms. The average Bonchev–Trinajstić information content (AvgIpc) is 2.79. The van der Waals surface area contributed by atoms with Gasteiger partial charge < -0.3 is 10.1 Å². The quantitative estimate of drug-likeness (QED) is 0.336. The molecule has 3 rings (SSSR count). The first kappa shape index (κ1) is 25.8. The molecule has 1 unspecified atom stereocenters. The molecule has 1 N–H and O–H groups in total. The zero-order chi connectivity index (χ0) is 24.8. The monoisotopic (exact) mass is 481 g/mol. The predicted octanol–water partition coefficient (Wildman–Crippen LogP) is 6.91. The molecule has 0 radical (unpaired) electrons. The molecule has 0 heterocycles. The van der Waals surface area contributed by atoms with Gasteiger partial charge in [-0.2, -0.15) is 26.3 Å². The van der Waals surface area contributed by atoms with E-state index in [4.69, 9.17) is 4.74 Å². The normalized spacial score (nSPS) is 13.3. The summed E-state index contributed by atoms with van der Waals surface area (Å²) in [5, 5.41) is 3.12. The first-order valence-corrected chi connectivity index (χ1v) is 10.7. The highest BCUT2D eigenvalue weighted by molar-refractivity contribution is 5.34. The SMILES string of the molecule is CNCC(COCc1cc(C(F)(F)F)cc(C(F)(F)F)c1)C(c1ccccc1)c1ccccc1. The van der Waals surface area contributed by atoms with E-state index >= 15 is 0 Å². The van der Waals surface area contributed by atoms with Crippen LogP contribution in [0, 0.1) is 5.92 Å². The molecule has 0 amide bonds. The van der Waals surface area contributed by atoms with Crippen LogP contribution in [0.15, 0.2) is 78.9 Å². The number of alkyl halides is 6. The number of halogens is 6. The zero-order valence-corrected chi connectivity index (χ0v) is 18.5. The Kier molecular flexibility index (Phi) is 8.38. The number of rotatable bonds is 9. The van der Waals surface area contributed by atoms with E-state index in [2.05, 4.69) is 5.32 Å². The smallest absolute Gasteiger partial charge is 0.376 e. The molecule has 0 aliphatic carbocycles. The van der Waals surface area contributed by atoms with E-state index in [0.29, 0.717) is 18.7 Å². The van der Waals surface area contributed by atoms with Gasteiger partial charge in [0.25, 0.3) is 0 Å². The minimum absolute atomic E-state index is 0.0814. The molecule has 0 saturated carbocycles. The molecule has 34 heavy (non-hydrogen) atoms. The third-order valence-electron chi connectivity index (χ3n) is 5.50. The van der Waals surface area contributed by atoms with E-state index in [1.54, 1.807) is 7.05 Å². The van der Waals surface area contributed by atoms with Gasteiger partial charge in [-0.25, -0.2) is 0 Å². The third kappa shape index (κ3) is 6.84. The maximum Gasteiger partial charge on any atom is 0.416 e. The lowest BCUT2D eigenvalue weighted by atomic mass is 9.81. The van der Waals surface area contributed by atoms with E-state index < -0.39 is 23.5 Å². The topological polar surface area (TPSA) is 21.3 Å². The van der Waals surface area contributed by atoms with Crippen molar-refractivity contribution in [3.8, 4) is 0 Å². The van der Waals surface area contributed by atoms with Crippen LogP contribution in [0.3, 0.4) is 0 Å². The lowest BCUT2D eigenvalue weighted by molar-refractivity contribution is -0.143. The molecule has 0 bridgehead atoms. The summed E-state index contributed by atoms with van der Waals surface area (Å²) in [5.74, 6) is -0.204. The molecular formula is C26H25F6NO. The van der Waals surface area contributed by atoms with E-state index in [1.807, 2.05) is 60.7 Å². The van der Waals surface area contributed by atoms with Crippen molar-refractivity contribution >= 4 is 0 Å². The van der Waals surface area contributed by atoms with E-state index in [0.717, 1.165) is 11.1 Å². The van der Waals surface area contributed by atoms with Crippen molar-refractivity contribution in [1.82, 2.24) is 5.32 Å². The van der Waals surface area contributed by atoms with E-state index in [-0.39, 0.29) is 36.7 Å². The van der Waals surface area contributed by atoms with Crippen LogP contribution in [0.25, 0.3) is 0 Å². The van der Waals surface area contributed by atoms with Crippen LogP contribution in [-0.4, -0.2) is 20.2 Å². The molecule has 182 valence electrons. The van der Waals surface area contributed by atoms with Crippen molar-refractivity contribution in [2.75, 3.05) is 20.2 Å². The second kappa shape index (κ2) is 11.1. The predicted molar refractivity (Wildman–Crippen MR) is 118 cm³/mol. The van der Waals surface area contributed by atoms with Crippen molar-refractivity contribution < 1.29 is 31.1 Å². The Bertz CT molecular complexity index is 963. The molecule has 3 aromatic rings. The Morgan fingerprint density at radius 3 is 1.62 bits per heavy atom. The van der Waals surface area contributed by atoms with Crippen LogP contribution in [0.5, 0.6) is 0 Å². The third-order valence-corrected chi connectivity index (χ3v) is 5.50. The van der Waals surface area contributed by atoms with Gasteiger partial charge in [-0.15, -0.1) is 0 Å². The first-order chi connectivity index (χ1) is 16.1. The van der Waals surface area contributed by atoms with E-state index in [1.165, 1.54) is 0 Å². The fraction of sp³-hybridized carbons (Fsp3) is 0.308. The van der Waals surface area contributed by atoms with Crippen molar-refractivity contribution in [2.24, 2.45) is 5.92 Å². The van der Waals surface area contributed by atoms with Crippen LogP contribution in [0.4, 0.5) is 26.3 Å². The van der Waals surface area contributed by atoms with Crippen LogP contribution < -0.4 is 5.32 Å². The molecule has 0 aromatic heterocycles. The van der Waals surface area contributed by atoms with Crippen molar-refractivity contribution in [2.45, 2.75) is 24.9 Å². The molecular weight excluding hydrogens is 456 g/mol. The van der Waals surface area contributed by atoms with Gasteiger partial charge in [-0.05, 0) is 41.9 Å². The number of hydrogen-bond donors (Lipinski definition) is 1. The van der Waals surface area contributed by atoms with Crippen LogP contribution in [0.1, 0.15) is 33.7 Å². The molecule has 0 aliphatic rings. The molecule has 0 saturated heterocycles. The highest BCUT2D eigenvalue weighted by atomic mass is 19.4. The molecule has 3 aromatic carbocycles. The average molecular weight is 481 g/mol. The summed E-state index contributed by atoms with van der Waals surface area (Å²) in [5.41, 5.74) is -0.799. The largest absolute Gasteiger partial charge is 0.416 e. The number of ether oxygens (including phenoxy) is 1. The number of benzene rings is 3. The fourth-order valence-corrected chi connectivity index (χ4v) is 4.02. The van der Waals surface area contributed by atoms with Gasteiger partial charge in [0.1, 0.15) is 0 Å². The van der Waals surface area contributed by atoms with Gasteiger partial charge in [-0.3, -0.25) is 0 Å². The molecule has 2 nitrogen and oxygen atoms in total. The summed E-state index contributed by atoms with van der Waals surface area (Å²) in [6.07, 6.45) is -9.78. The molecule has 0 aliphatic heterocycles. The van der Waals surface area contributed by atoms with E-state index in [9.17, 15) is 26.3 Å². The van der Waals surface area contributed by atoms with Gasteiger partial charge in [0.05, 0.1) is 24.3 Å². The lowest BCUT2D eigenvalue weighted by Crippen LogP contribution is -2.29. The minimum Gasteiger partial charge on any atom is -0.376 e. The summed E-state index contributed by atoms with van der Waals surface area (Å²) < 4.78 is 84.6. The van der Waals surface area contributed by atoms with Gasteiger partial charge in [-0.1, -0.05) is 60.7 Å². The second-order valence-corrected chi connectivity index (χ2v) is 8.05. The summed E-state index contributed by atoms with van der Waals surface area (Å²) in [6.45, 7) is 0.293. The van der Waals surface area contributed by atoms with Gasteiger partial charge in [0.2, 0.25) is 0 Å². The van der Waals surface area contributed by atoms with Crippen LogP contribution in [-0.2, 0) is 23.7 Å². The summed E-state index contributed by atoms with van der Waals surface area (Å²) >= 11 is 0. The summed E-state index contributed by atoms with van der Waals surface area (Å²) in [4.78, 5) is 0. The summed E-state index contributed by atoms with van der Waals surface area (Å²) in [7, 11) is 1.78. The maximum atomic E-state index is 13.2. The number of nitrogens with one attached hydrogen (secondary N) is 1. The van der Waals surface area contributed by atoms with Crippen LogP contribution in [0.2, 0.25) is 0 Å². The summed E-state index contributed by atoms with van der Waals surface area (Å²) in [6, 6.07) is 21.0. The molecule has 8 heteroatoms. The highest BCUT2D eigenvalue weighted by Gasteiger charge is 2.37. The van der Waals surface area contributed by atoms with Gasteiger partial charge in [0.15, 0.2) is 0 Å². The Balaban J connectivity index is 1.84. The molecule has 0 fully saturated rings. The first-order valence-electron chi connectivity index (χ1n) is 10.7. The van der Waals surface area contributed by atoms with Crippen molar-refractivity contribution in [1.29, 1.82) is 0 Å². The maximum absolute atomic E-state index is 13.2. The van der Waals surface area contributed by atoms with Gasteiger partial charge in [0, 0.05) is 18.4 Å². The Morgan fingerprint density at radius 1 is 0.735 bits per heavy atom. The van der Waals surface area contributed by atoms with Crippen molar-refractivity contribution in [3.63, 3.8) is 0 Å². The van der Waals surface area contributed by atoms with Crippen LogP contribution >= 0.6 is 0 Å². The lowest BCUT2D eigenvalue weighted by Gasteiger charge is -2.28. The second-order valence-electron chi connectivity index (χ2n) is 8.05. The Hall–Kier alpha value is -2.84. The Morgan fingerprint density at radius 2 is 1.21 bits per heavy atom. The van der Waals surface area contributed by atoms with Gasteiger partial charge >= 0.3 is 12.4 Å². The fourth-order valence-electron chi connectivity index (χ4n) is 4.02. The van der Waals surface area contributed by atoms with Crippen molar-refractivity contribution in [3.05, 3.63) is 107 Å². The Labute approximate surface area is 194 Å². The standard InChI is InChI=1S/C26H25F6NO/c1-33-15-21(24(19-8-4-2-5-9-19)20-10-6-3-7-11-20)17-34-16-18-12-22(25(27,28)29)14-23(13-18)26(30,31)32/h2-14,21,24,33H,15-17H2,1H3. The highest BCUT2D eigenvalue weighted by Crippen LogP contribution is 2.37. The minimum atomic E-state index is -4.89. The number of hydrogen-bond acceptors (Lipinski definition) is 2. The zero-order valence-electron chi connectivity index (χ0n) is 18.5.